The maximum Gasteiger partial charge on any atom is 0.326 e. The number of benzene rings is 2. The highest BCUT2D eigenvalue weighted by molar-refractivity contribution is 7.89. The Morgan fingerprint density at radius 1 is 1.14 bits per heavy atom. The van der Waals surface area contributed by atoms with Crippen LogP contribution in [0, 0.1) is 6.92 Å². The molecule has 0 spiro atoms. The zero-order valence-electron chi connectivity index (χ0n) is 16.1. The Hall–Kier alpha value is -2.71. The van der Waals surface area contributed by atoms with Crippen molar-refractivity contribution in [2.24, 2.45) is 0 Å². The van der Waals surface area contributed by atoms with Crippen molar-refractivity contribution in [2.75, 3.05) is 6.54 Å². The molecule has 2 aromatic rings. The third kappa shape index (κ3) is 5.02. The van der Waals surface area contributed by atoms with Gasteiger partial charge >= 0.3 is 5.97 Å². The van der Waals surface area contributed by atoms with Crippen molar-refractivity contribution in [3.8, 4) is 0 Å². The number of rotatable bonds is 7. The van der Waals surface area contributed by atoms with E-state index in [1.54, 1.807) is 36.4 Å². The maximum absolute atomic E-state index is 13.2. The van der Waals surface area contributed by atoms with E-state index in [1.165, 1.54) is 17.0 Å². The number of carboxylic acid groups (broad SMARTS) is 1. The van der Waals surface area contributed by atoms with E-state index in [0.717, 1.165) is 11.1 Å². The molecule has 2 N–H and O–H groups in total. The molecular weight excluding hydrogens is 392 g/mol. The lowest BCUT2D eigenvalue weighted by Crippen LogP contribution is -2.52. The molecule has 0 unspecified atom stereocenters. The Bertz CT molecular complexity index is 974. The van der Waals surface area contributed by atoms with E-state index in [2.05, 4.69) is 4.72 Å². The summed E-state index contributed by atoms with van der Waals surface area (Å²) in [4.78, 5) is 26.0. The number of sulfonamides is 1. The smallest absolute Gasteiger partial charge is 0.326 e. The fraction of sp³-hybridized carbons (Fsp3) is 0.333. The van der Waals surface area contributed by atoms with Gasteiger partial charge in [0.1, 0.15) is 12.1 Å². The standard InChI is InChI=1S/C21H24N2O5S/c1-15-9-11-17(12-10-15)29(27,28)22-18(14-16-6-3-2-4-7-16)20(24)23-13-5-8-19(23)21(25)26/h2-4,6-7,9-12,18-19,22H,5,8,13-14H2,1H3,(H,25,26)/t18-,19-/m1/s1. The number of aliphatic carboxylic acids is 1. The molecule has 1 aliphatic rings. The lowest BCUT2D eigenvalue weighted by Gasteiger charge is -2.27. The number of carbonyl (C=O) groups is 2. The van der Waals surface area contributed by atoms with E-state index in [0.29, 0.717) is 19.4 Å². The second kappa shape index (κ2) is 8.75. The van der Waals surface area contributed by atoms with Gasteiger partial charge in [0.15, 0.2) is 0 Å². The molecule has 1 aliphatic heterocycles. The van der Waals surface area contributed by atoms with Crippen molar-refractivity contribution in [1.82, 2.24) is 9.62 Å². The molecule has 1 heterocycles. The lowest BCUT2D eigenvalue weighted by molar-refractivity contribution is -0.148. The normalized spacial score (nSPS) is 17.8. The number of nitrogens with zero attached hydrogens (tertiary/aromatic N) is 1. The van der Waals surface area contributed by atoms with E-state index in [1.807, 2.05) is 13.0 Å². The molecule has 1 amide bonds. The number of hydrogen-bond donors (Lipinski definition) is 2. The maximum atomic E-state index is 13.2. The van der Waals surface area contributed by atoms with Crippen molar-refractivity contribution in [1.29, 1.82) is 0 Å². The summed E-state index contributed by atoms with van der Waals surface area (Å²) in [7, 11) is -3.95. The van der Waals surface area contributed by atoms with Crippen LogP contribution in [0.15, 0.2) is 59.5 Å². The summed E-state index contributed by atoms with van der Waals surface area (Å²) < 4.78 is 28.3. The molecule has 154 valence electrons. The first-order valence-electron chi connectivity index (χ1n) is 9.44. The minimum atomic E-state index is -3.95. The Morgan fingerprint density at radius 3 is 2.41 bits per heavy atom. The van der Waals surface area contributed by atoms with Crippen LogP contribution < -0.4 is 4.72 Å². The predicted octanol–water partition coefficient (Wildman–Crippen LogP) is 1.96. The zero-order chi connectivity index (χ0) is 21.0. The molecule has 1 fully saturated rings. The average molecular weight is 416 g/mol. The van der Waals surface area contributed by atoms with Crippen LogP contribution in [0.3, 0.4) is 0 Å². The number of carbonyl (C=O) groups excluding carboxylic acids is 1. The topological polar surface area (TPSA) is 104 Å². The van der Waals surface area contributed by atoms with Crippen LogP contribution in [-0.4, -0.2) is 48.9 Å². The van der Waals surface area contributed by atoms with Gasteiger partial charge in [-0.05, 0) is 43.9 Å². The van der Waals surface area contributed by atoms with Crippen molar-refractivity contribution < 1.29 is 23.1 Å². The van der Waals surface area contributed by atoms with Crippen LogP contribution >= 0.6 is 0 Å². The van der Waals surface area contributed by atoms with Crippen LogP contribution in [0.25, 0.3) is 0 Å². The first-order valence-corrected chi connectivity index (χ1v) is 10.9. The number of carboxylic acids is 1. The van der Waals surface area contributed by atoms with Gasteiger partial charge in [-0.2, -0.15) is 4.72 Å². The summed E-state index contributed by atoms with van der Waals surface area (Å²) >= 11 is 0. The fourth-order valence-electron chi connectivity index (χ4n) is 3.49. The van der Waals surface area contributed by atoms with Gasteiger partial charge in [0.05, 0.1) is 4.90 Å². The third-order valence-corrected chi connectivity index (χ3v) is 6.52. The SMILES string of the molecule is Cc1ccc(S(=O)(=O)N[C@H](Cc2ccccc2)C(=O)N2CCC[C@@H]2C(=O)O)cc1. The van der Waals surface area contributed by atoms with Crippen LogP contribution in [-0.2, 0) is 26.0 Å². The molecule has 0 aliphatic carbocycles. The molecule has 0 bridgehead atoms. The largest absolute Gasteiger partial charge is 0.480 e. The van der Waals surface area contributed by atoms with Crippen molar-refractivity contribution >= 4 is 21.9 Å². The molecule has 2 atom stereocenters. The van der Waals surface area contributed by atoms with Crippen LogP contribution in [0.5, 0.6) is 0 Å². The average Bonchev–Trinajstić information content (AvgIpc) is 3.18. The highest BCUT2D eigenvalue weighted by Crippen LogP contribution is 2.21. The Labute approximate surface area is 170 Å². The van der Waals surface area contributed by atoms with E-state index in [-0.39, 0.29) is 11.3 Å². The molecule has 1 saturated heterocycles. The fourth-order valence-corrected chi connectivity index (χ4v) is 4.68. The minimum absolute atomic E-state index is 0.0603. The Kier molecular flexibility index (Phi) is 6.34. The van der Waals surface area contributed by atoms with E-state index in [4.69, 9.17) is 0 Å². The van der Waals surface area contributed by atoms with Gasteiger partial charge in [-0.1, -0.05) is 48.0 Å². The first kappa shape index (κ1) is 21.0. The second-order valence-corrected chi connectivity index (χ2v) is 8.92. The summed E-state index contributed by atoms with van der Waals surface area (Å²) in [6.45, 7) is 2.15. The van der Waals surface area contributed by atoms with E-state index < -0.39 is 34.0 Å². The lowest BCUT2D eigenvalue weighted by atomic mass is 10.1. The Morgan fingerprint density at radius 2 is 1.79 bits per heavy atom. The van der Waals surface area contributed by atoms with Gasteiger partial charge in [-0.15, -0.1) is 0 Å². The molecule has 2 aromatic carbocycles. The quantitative estimate of drug-likeness (QED) is 0.718. The monoisotopic (exact) mass is 416 g/mol. The zero-order valence-corrected chi connectivity index (χ0v) is 16.9. The summed E-state index contributed by atoms with van der Waals surface area (Å²) in [6, 6.07) is 13.4. The highest BCUT2D eigenvalue weighted by Gasteiger charge is 2.38. The third-order valence-electron chi connectivity index (χ3n) is 5.03. The summed E-state index contributed by atoms with van der Waals surface area (Å²) in [5.74, 6) is -1.59. The highest BCUT2D eigenvalue weighted by atomic mass is 32.2. The molecule has 8 heteroatoms. The van der Waals surface area contributed by atoms with E-state index in [9.17, 15) is 23.1 Å². The summed E-state index contributed by atoms with van der Waals surface area (Å²) in [5.41, 5.74) is 1.70. The molecule has 0 aromatic heterocycles. The van der Waals surface area contributed by atoms with Gasteiger partial charge in [-0.25, -0.2) is 13.2 Å². The van der Waals surface area contributed by atoms with Crippen molar-refractivity contribution in [2.45, 2.75) is 43.2 Å². The number of likely N-dealkylation sites (tertiary alicyclic amines) is 1. The molecule has 0 radical (unpaired) electrons. The van der Waals surface area contributed by atoms with Crippen LogP contribution in [0.1, 0.15) is 24.0 Å². The number of hydrogen-bond acceptors (Lipinski definition) is 4. The van der Waals surface area contributed by atoms with Gasteiger partial charge in [0.25, 0.3) is 0 Å². The molecule has 7 nitrogen and oxygen atoms in total. The molecular formula is C21H24N2O5S. The van der Waals surface area contributed by atoms with Crippen LogP contribution in [0.4, 0.5) is 0 Å². The second-order valence-electron chi connectivity index (χ2n) is 7.20. The Balaban J connectivity index is 1.89. The number of amides is 1. The summed E-state index contributed by atoms with van der Waals surface area (Å²) in [6.07, 6.45) is 1.07. The van der Waals surface area contributed by atoms with Crippen molar-refractivity contribution in [3.63, 3.8) is 0 Å². The minimum Gasteiger partial charge on any atom is -0.480 e. The number of aryl methyl sites for hydroxylation is 1. The first-order chi connectivity index (χ1) is 13.8. The van der Waals surface area contributed by atoms with Gasteiger partial charge in [-0.3, -0.25) is 4.79 Å². The number of nitrogens with one attached hydrogen (secondary N) is 1. The molecule has 0 saturated carbocycles. The van der Waals surface area contributed by atoms with Gasteiger partial charge < -0.3 is 10.0 Å². The molecule has 3 rings (SSSR count). The van der Waals surface area contributed by atoms with E-state index >= 15 is 0 Å². The predicted molar refractivity (Wildman–Crippen MR) is 108 cm³/mol. The van der Waals surface area contributed by atoms with Gasteiger partial charge in [0, 0.05) is 6.54 Å². The molecule has 29 heavy (non-hydrogen) atoms. The van der Waals surface area contributed by atoms with Crippen molar-refractivity contribution in [3.05, 3.63) is 65.7 Å². The van der Waals surface area contributed by atoms with Gasteiger partial charge in [0.2, 0.25) is 15.9 Å². The summed E-state index contributed by atoms with van der Waals surface area (Å²) in [5, 5.41) is 9.41. The van der Waals surface area contributed by atoms with Crippen LogP contribution in [0.2, 0.25) is 0 Å².